The third-order valence-corrected chi connectivity index (χ3v) is 3.14. The highest BCUT2D eigenvalue weighted by molar-refractivity contribution is 6.30. The van der Waals surface area contributed by atoms with Gasteiger partial charge < -0.3 is 16.0 Å². The van der Waals surface area contributed by atoms with Crippen LogP contribution in [0.5, 0.6) is 0 Å². The number of hydrogen-bond acceptors (Lipinski definition) is 3. The van der Waals surface area contributed by atoms with Gasteiger partial charge in [-0.25, -0.2) is 0 Å². The largest absolute Gasteiger partial charge is 0.339 e. The van der Waals surface area contributed by atoms with E-state index in [1.54, 1.807) is 17.0 Å². The van der Waals surface area contributed by atoms with Crippen molar-refractivity contribution >= 4 is 17.5 Å². The van der Waals surface area contributed by atoms with Gasteiger partial charge in [0.1, 0.15) is 6.04 Å². The van der Waals surface area contributed by atoms with Gasteiger partial charge in [0.2, 0.25) is 5.91 Å². The molecular formula is C12H16ClN3O. The fraction of sp³-hybridized carbons (Fsp3) is 0.417. The Morgan fingerprint density at radius 2 is 2.12 bits per heavy atom. The molecular weight excluding hydrogens is 238 g/mol. The fourth-order valence-corrected chi connectivity index (χ4v) is 2.12. The van der Waals surface area contributed by atoms with E-state index in [9.17, 15) is 4.79 Å². The SMILES string of the molecule is NC(C(=O)N1CCNCC1)c1cccc(Cl)c1. The summed E-state index contributed by atoms with van der Waals surface area (Å²) in [6.07, 6.45) is 0. The number of benzene rings is 1. The van der Waals surface area contributed by atoms with E-state index in [0.29, 0.717) is 18.1 Å². The topological polar surface area (TPSA) is 58.4 Å². The summed E-state index contributed by atoms with van der Waals surface area (Å²) in [5, 5.41) is 3.80. The van der Waals surface area contributed by atoms with Gasteiger partial charge in [0, 0.05) is 31.2 Å². The van der Waals surface area contributed by atoms with E-state index in [-0.39, 0.29) is 5.91 Å². The third kappa shape index (κ3) is 2.97. The van der Waals surface area contributed by atoms with Crippen molar-refractivity contribution < 1.29 is 4.79 Å². The Morgan fingerprint density at radius 3 is 2.76 bits per heavy atom. The van der Waals surface area contributed by atoms with Crippen LogP contribution >= 0.6 is 11.6 Å². The number of hydrogen-bond donors (Lipinski definition) is 2. The standard InChI is InChI=1S/C12H16ClN3O/c13-10-3-1-2-9(8-10)11(14)12(17)16-6-4-15-5-7-16/h1-3,8,11,15H,4-7,14H2. The van der Waals surface area contributed by atoms with Crippen molar-refractivity contribution in [2.45, 2.75) is 6.04 Å². The third-order valence-electron chi connectivity index (χ3n) is 2.90. The van der Waals surface area contributed by atoms with E-state index in [2.05, 4.69) is 5.32 Å². The lowest BCUT2D eigenvalue weighted by atomic mass is 10.1. The van der Waals surface area contributed by atoms with Gasteiger partial charge in [-0.15, -0.1) is 0 Å². The number of nitrogens with one attached hydrogen (secondary N) is 1. The molecule has 5 heteroatoms. The van der Waals surface area contributed by atoms with Crippen molar-refractivity contribution in [3.05, 3.63) is 34.9 Å². The maximum atomic E-state index is 12.1. The van der Waals surface area contributed by atoms with E-state index in [1.165, 1.54) is 0 Å². The van der Waals surface area contributed by atoms with Gasteiger partial charge >= 0.3 is 0 Å². The van der Waals surface area contributed by atoms with E-state index in [4.69, 9.17) is 17.3 Å². The van der Waals surface area contributed by atoms with Crippen LogP contribution in [0.4, 0.5) is 0 Å². The highest BCUT2D eigenvalue weighted by Gasteiger charge is 2.23. The number of rotatable bonds is 2. The van der Waals surface area contributed by atoms with Crippen molar-refractivity contribution in [3.63, 3.8) is 0 Å². The number of amides is 1. The lowest BCUT2D eigenvalue weighted by Crippen LogP contribution is -2.49. The zero-order valence-corrected chi connectivity index (χ0v) is 10.3. The lowest BCUT2D eigenvalue weighted by Gasteiger charge is -2.29. The first-order valence-electron chi connectivity index (χ1n) is 5.69. The molecule has 0 radical (unpaired) electrons. The van der Waals surface area contributed by atoms with Gasteiger partial charge in [-0.05, 0) is 17.7 Å². The number of piperazine rings is 1. The van der Waals surface area contributed by atoms with Crippen LogP contribution in [0.2, 0.25) is 5.02 Å². The van der Waals surface area contributed by atoms with Crippen LogP contribution in [-0.4, -0.2) is 37.0 Å². The zero-order valence-electron chi connectivity index (χ0n) is 9.53. The van der Waals surface area contributed by atoms with Crippen molar-refractivity contribution in [1.29, 1.82) is 0 Å². The first-order chi connectivity index (χ1) is 8.18. The fourth-order valence-electron chi connectivity index (χ4n) is 1.92. The highest BCUT2D eigenvalue weighted by Crippen LogP contribution is 2.18. The van der Waals surface area contributed by atoms with Crippen molar-refractivity contribution in [3.8, 4) is 0 Å². The molecule has 1 fully saturated rings. The van der Waals surface area contributed by atoms with E-state index >= 15 is 0 Å². The zero-order chi connectivity index (χ0) is 12.3. The molecule has 1 unspecified atom stereocenters. The molecule has 0 saturated carbocycles. The molecule has 1 heterocycles. The summed E-state index contributed by atoms with van der Waals surface area (Å²) >= 11 is 5.89. The van der Waals surface area contributed by atoms with Gasteiger partial charge in [0.15, 0.2) is 0 Å². The smallest absolute Gasteiger partial charge is 0.244 e. The monoisotopic (exact) mass is 253 g/mol. The van der Waals surface area contributed by atoms with Crippen LogP contribution in [0.1, 0.15) is 11.6 Å². The molecule has 0 spiro atoms. The number of nitrogens with two attached hydrogens (primary N) is 1. The molecule has 0 aromatic heterocycles. The van der Waals surface area contributed by atoms with Crippen LogP contribution < -0.4 is 11.1 Å². The normalized spacial score (nSPS) is 17.9. The molecule has 1 aromatic carbocycles. The van der Waals surface area contributed by atoms with Crippen LogP contribution in [0, 0.1) is 0 Å². The number of carbonyl (C=O) groups is 1. The van der Waals surface area contributed by atoms with Crippen LogP contribution in [0.25, 0.3) is 0 Å². The predicted octanol–water partition coefficient (Wildman–Crippen LogP) is 0.772. The second-order valence-electron chi connectivity index (χ2n) is 4.11. The van der Waals surface area contributed by atoms with Gasteiger partial charge in [-0.1, -0.05) is 23.7 Å². The lowest BCUT2D eigenvalue weighted by molar-refractivity contribution is -0.133. The summed E-state index contributed by atoms with van der Waals surface area (Å²) in [6, 6.07) is 6.53. The summed E-state index contributed by atoms with van der Waals surface area (Å²) < 4.78 is 0. The minimum atomic E-state index is -0.619. The molecule has 1 aliphatic heterocycles. The number of nitrogens with zero attached hydrogens (tertiary/aromatic N) is 1. The van der Waals surface area contributed by atoms with E-state index in [1.807, 2.05) is 12.1 Å². The maximum Gasteiger partial charge on any atom is 0.244 e. The molecule has 0 bridgehead atoms. The van der Waals surface area contributed by atoms with Crippen molar-refractivity contribution in [2.24, 2.45) is 5.73 Å². The molecule has 1 amide bonds. The molecule has 1 aromatic rings. The number of halogens is 1. The Bertz CT molecular complexity index is 404. The maximum absolute atomic E-state index is 12.1. The van der Waals surface area contributed by atoms with Crippen LogP contribution in [-0.2, 0) is 4.79 Å². The average molecular weight is 254 g/mol. The minimum Gasteiger partial charge on any atom is -0.339 e. The second kappa shape index (κ2) is 5.49. The Balaban J connectivity index is 2.08. The molecule has 4 nitrogen and oxygen atoms in total. The molecule has 1 saturated heterocycles. The quantitative estimate of drug-likeness (QED) is 0.819. The van der Waals surface area contributed by atoms with Gasteiger partial charge in [-0.2, -0.15) is 0 Å². The molecule has 2 rings (SSSR count). The Labute approximate surface area is 106 Å². The van der Waals surface area contributed by atoms with Gasteiger partial charge in [-0.3, -0.25) is 4.79 Å². The molecule has 1 aliphatic rings. The summed E-state index contributed by atoms with van der Waals surface area (Å²) in [4.78, 5) is 13.9. The molecule has 17 heavy (non-hydrogen) atoms. The predicted molar refractivity (Wildman–Crippen MR) is 67.8 cm³/mol. The molecule has 3 N–H and O–H groups in total. The Morgan fingerprint density at radius 1 is 1.41 bits per heavy atom. The summed E-state index contributed by atoms with van der Waals surface area (Å²) in [5.74, 6) is -0.0335. The van der Waals surface area contributed by atoms with Crippen LogP contribution in [0.15, 0.2) is 24.3 Å². The van der Waals surface area contributed by atoms with Gasteiger partial charge in [0.25, 0.3) is 0 Å². The average Bonchev–Trinajstić information content (AvgIpc) is 2.38. The van der Waals surface area contributed by atoms with Crippen molar-refractivity contribution in [1.82, 2.24) is 10.2 Å². The highest BCUT2D eigenvalue weighted by atomic mass is 35.5. The van der Waals surface area contributed by atoms with E-state index < -0.39 is 6.04 Å². The first-order valence-corrected chi connectivity index (χ1v) is 6.07. The number of carbonyl (C=O) groups excluding carboxylic acids is 1. The molecule has 1 atom stereocenters. The minimum absolute atomic E-state index is 0.0335. The second-order valence-corrected chi connectivity index (χ2v) is 4.54. The first kappa shape index (κ1) is 12.4. The molecule has 0 aliphatic carbocycles. The van der Waals surface area contributed by atoms with Crippen LogP contribution in [0.3, 0.4) is 0 Å². The summed E-state index contributed by atoms with van der Waals surface area (Å²) in [7, 11) is 0. The Hall–Kier alpha value is -1.10. The summed E-state index contributed by atoms with van der Waals surface area (Å²) in [5.41, 5.74) is 6.73. The van der Waals surface area contributed by atoms with Crippen molar-refractivity contribution in [2.75, 3.05) is 26.2 Å². The van der Waals surface area contributed by atoms with Gasteiger partial charge in [0.05, 0.1) is 0 Å². The summed E-state index contributed by atoms with van der Waals surface area (Å²) in [6.45, 7) is 3.09. The Kier molecular flexibility index (Phi) is 3.99. The van der Waals surface area contributed by atoms with E-state index in [0.717, 1.165) is 18.7 Å². The molecule has 92 valence electrons.